The minimum atomic E-state index is -0.501. The lowest BCUT2D eigenvalue weighted by Crippen LogP contribution is -2.26. The van der Waals surface area contributed by atoms with Crippen molar-refractivity contribution in [2.24, 2.45) is 0 Å². The van der Waals surface area contributed by atoms with Crippen LogP contribution in [0.3, 0.4) is 0 Å². The first-order chi connectivity index (χ1) is 26.3. The van der Waals surface area contributed by atoms with Crippen molar-refractivity contribution in [2.45, 2.75) is 5.41 Å². The average molecular weight is 672 g/mol. The molecular weight excluding hydrogens is 643 g/mol. The Labute approximate surface area is 307 Å². The molecule has 0 fully saturated rings. The van der Waals surface area contributed by atoms with Gasteiger partial charge in [0.1, 0.15) is 0 Å². The van der Waals surface area contributed by atoms with E-state index in [1.807, 2.05) is 18.2 Å². The lowest BCUT2D eigenvalue weighted by atomic mass is 9.70. The third kappa shape index (κ3) is 4.00. The highest BCUT2D eigenvalue weighted by Gasteiger charge is 2.51. The van der Waals surface area contributed by atoms with Crippen LogP contribution in [0.15, 0.2) is 176 Å². The highest BCUT2D eigenvalue weighted by molar-refractivity contribution is 6.10. The Morgan fingerprint density at radius 2 is 1.15 bits per heavy atom. The van der Waals surface area contributed by atoms with Crippen molar-refractivity contribution in [3.05, 3.63) is 216 Å². The summed E-state index contributed by atoms with van der Waals surface area (Å²) < 4.78 is 2.36. The molecule has 2 aliphatic rings. The number of nitriles is 1. The molecule has 0 radical (unpaired) electrons. The smallest absolute Gasteiger partial charge is 0.0991 e. The molecule has 1 heterocycles. The maximum absolute atomic E-state index is 9.73. The van der Waals surface area contributed by atoms with Gasteiger partial charge in [0.15, 0.2) is 0 Å². The highest BCUT2D eigenvalue weighted by Crippen LogP contribution is 2.63. The summed E-state index contributed by atoms with van der Waals surface area (Å²) in [6.45, 7) is 0. The van der Waals surface area contributed by atoms with Crippen LogP contribution in [-0.2, 0) is 5.41 Å². The standard InChI is InChI=1S/C50H29N3/c51-32-33-22-24-35(25-23-33)52(37-27-29-43-42-17-7-11-21-48(42)53(49(43)31-37)34-12-2-1-3-13-34)36-26-28-41-40-16-6-10-20-46(40)50(47(41)30-36)44-18-8-4-14-38(44)39-15-5-9-19-45(39)50/h1-4,6-14,16-31H. The number of rotatable bonds is 4. The van der Waals surface area contributed by atoms with Crippen LogP contribution >= 0.6 is 0 Å². The van der Waals surface area contributed by atoms with E-state index in [2.05, 4.69) is 185 Å². The van der Waals surface area contributed by atoms with Gasteiger partial charge in [-0.2, -0.15) is 5.26 Å². The molecule has 2 aliphatic carbocycles. The van der Waals surface area contributed by atoms with Crippen LogP contribution in [0.1, 0.15) is 27.8 Å². The van der Waals surface area contributed by atoms with Crippen LogP contribution in [0, 0.1) is 23.5 Å². The molecule has 1 unspecified atom stereocenters. The molecule has 0 amide bonds. The van der Waals surface area contributed by atoms with Gasteiger partial charge in [-0.15, -0.1) is 0 Å². The average Bonchev–Trinajstić information content (AvgIpc) is 3.83. The SMILES string of the molecule is N#Cc1ccc(N(c2ccc3c(c2)C2(c4ccc#cc4-c4ccccc42)c2ccccc2-3)c2ccc3c4ccccc4n(-c4ccccc4)c3c2)cc1. The van der Waals surface area contributed by atoms with Gasteiger partial charge in [0.25, 0.3) is 0 Å². The molecule has 9 aromatic rings. The molecule has 3 heteroatoms. The molecule has 1 aromatic heterocycles. The van der Waals surface area contributed by atoms with E-state index < -0.39 is 5.41 Å². The Morgan fingerprint density at radius 3 is 1.98 bits per heavy atom. The van der Waals surface area contributed by atoms with Crippen LogP contribution < -0.4 is 4.90 Å². The second kappa shape index (κ2) is 11.1. The normalized spacial score (nSPS) is 12.9. The van der Waals surface area contributed by atoms with E-state index >= 15 is 0 Å². The molecule has 8 aromatic carbocycles. The zero-order valence-electron chi connectivity index (χ0n) is 28.6. The molecule has 0 bridgehead atoms. The lowest BCUT2D eigenvalue weighted by Gasteiger charge is -2.32. The Bertz CT molecular complexity index is 2900. The van der Waals surface area contributed by atoms with E-state index in [4.69, 9.17) is 0 Å². The van der Waals surface area contributed by atoms with Gasteiger partial charge in [0.2, 0.25) is 0 Å². The summed E-state index contributed by atoms with van der Waals surface area (Å²) in [4.78, 5) is 2.33. The predicted octanol–water partition coefficient (Wildman–Crippen LogP) is 12.1. The van der Waals surface area contributed by atoms with Gasteiger partial charge < -0.3 is 9.47 Å². The van der Waals surface area contributed by atoms with E-state index in [1.165, 1.54) is 55.2 Å². The summed E-state index contributed by atoms with van der Waals surface area (Å²) >= 11 is 0. The summed E-state index contributed by atoms with van der Waals surface area (Å²) in [7, 11) is 0. The number of aromatic nitrogens is 1. The first-order valence-electron chi connectivity index (χ1n) is 17.9. The van der Waals surface area contributed by atoms with Crippen molar-refractivity contribution in [1.29, 1.82) is 5.26 Å². The number of para-hydroxylation sites is 2. The zero-order valence-corrected chi connectivity index (χ0v) is 28.6. The molecule has 0 saturated heterocycles. The molecule has 53 heavy (non-hydrogen) atoms. The number of hydrogen-bond acceptors (Lipinski definition) is 2. The summed E-state index contributed by atoms with van der Waals surface area (Å²) in [5, 5.41) is 12.1. The molecular formula is C50H29N3. The maximum Gasteiger partial charge on any atom is 0.0991 e. The van der Waals surface area contributed by atoms with Gasteiger partial charge in [0.05, 0.1) is 28.1 Å². The van der Waals surface area contributed by atoms with Crippen LogP contribution in [0.4, 0.5) is 17.1 Å². The molecule has 11 rings (SSSR count). The van der Waals surface area contributed by atoms with Crippen LogP contribution in [0.2, 0.25) is 0 Å². The maximum atomic E-state index is 9.73. The third-order valence-electron chi connectivity index (χ3n) is 11.3. The van der Waals surface area contributed by atoms with E-state index in [-0.39, 0.29) is 0 Å². The Kier molecular flexibility index (Phi) is 6.15. The van der Waals surface area contributed by atoms with Crippen molar-refractivity contribution >= 4 is 38.9 Å². The van der Waals surface area contributed by atoms with Crippen molar-refractivity contribution in [1.82, 2.24) is 4.57 Å². The topological polar surface area (TPSA) is 32.0 Å². The van der Waals surface area contributed by atoms with Crippen molar-refractivity contribution in [2.75, 3.05) is 4.90 Å². The second-order valence-corrected chi connectivity index (χ2v) is 13.8. The van der Waals surface area contributed by atoms with E-state index in [1.54, 1.807) is 0 Å². The van der Waals surface area contributed by atoms with E-state index in [9.17, 15) is 5.26 Å². The number of fused-ring (bicyclic) bond motifs is 13. The Balaban J connectivity index is 1.19. The minimum absolute atomic E-state index is 0.501. The summed E-state index contributed by atoms with van der Waals surface area (Å²) in [5.41, 5.74) is 16.4. The first kappa shape index (κ1) is 29.4. The van der Waals surface area contributed by atoms with Crippen LogP contribution in [-0.4, -0.2) is 4.57 Å². The van der Waals surface area contributed by atoms with Gasteiger partial charge in [-0.05, 0) is 118 Å². The van der Waals surface area contributed by atoms with Crippen molar-refractivity contribution in [3.63, 3.8) is 0 Å². The molecule has 244 valence electrons. The molecule has 3 nitrogen and oxygen atoms in total. The molecule has 0 saturated carbocycles. The minimum Gasteiger partial charge on any atom is -0.310 e. The monoisotopic (exact) mass is 671 g/mol. The van der Waals surface area contributed by atoms with Crippen molar-refractivity contribution in [3.8, 4) is 34.0 Å². The van der Waals surface area contributed by atoms with E-state index in [0.717, 1.165) is 33.8 Å². The lowest BCUT2D eigenvalue weighted by molar-refractivity contribution is 0.794. The number of hydrogen-bond donors (Lipinski definition) is 0. The van der Waals surface area contributed by atoms with Gasteiger partial charge >= 0.3 is 0 Å². The van der Waals surface area contributed by atoms with Gasteiger partial charge in [-0.25, -0.2) is 0 Å². The highest BCUT2D eigenvalue weighted by atomic mass is 15.1. The Hall–Kier alpha value is -7.33. The van der Waals surface area contributed by atoms with Gasteiger partial charge in [-0.1, -0.05) is 109 Å². The number of nitrogens with zero attached hydrogens (tertiary/aromatic N) is 3. The summed E-state index contributed by atoms with van der Waals surface area (Å²) in [5.74, 6) is 0. The van der Waals surface area contributed by atoms with Crippen LogP contribution in [0.5, 0.6) is 0 Å². The predicted molar refractivity (Wildman–Crippen MR) is 214 cm³/mol. The zero-order chi connectivity index (χ0) is 35.1. The second-order valence-electron chi connectivity index (χ2n) is 13.8. The fourth-order valence-electron chi connectivity index (χ4n) is 9.16. The summed E-state index contributed by atoms with van der Waals surface area (Å²) in [6.07, 6.45) is 0. The van der Waals surface area contributed by atoms with Crippen molar-refractivity contribution < 1.29 is 0 Å². The molecule has 0 aliphatic heterocycles. The van der Waals surface area contributed by atoms with Gasteiger partial charge in [-0.3, -0.25) is 0 Å². The van der Waals surface area contributed by atoms with Gasteiger partial charge in [0, 0.05) is 39.1 Å². The van der Waals surface area contributed by atoms with Crippen LogP contribution in [0.25, 0.3) is 49.7 Å². The quantitative estimate of drug-likeness (QED) is 0.186. The largest absolute Gasteiger partial charge is 0.310 e. The Morgan fingerprint density at radius 1 is 0.509 bits per heavy atom. The number of anilines is 3. The number of benzene rings is 7. The summed E-state index contributed by atoms with van der Waals surface area (Å²) in [6, 6.07) is 71.8. The van der Waals surface area contributed by atoms with E-state index in [0.29, 0.717) is 5.56 Å². The fourth-order valence-corrected chi connectivity index (χ4v) is 9.16. The third-order valence-corrected chi connectivity index (χ3v) is 11.3. The molecule has 1 spiro atoms. The molecule has 0 N–H and O–H groups in total. The fraction of sp³-hybridized carbons (Fsp3) is 0.0200. The first-order valence-corrected chi connectivity index (χ1v) is 17.9. The molecule has 1 atom stereocenters.